The Kier molecular flexibility index (Phi) is 4.14. The maximum Gasteiger partial charge on any atom is 0.322 e. The molecule has 2 atom stereocenters. The topological polar surface area (TPSA) is 79.0 Å². The summed E-state index contributed by atoms with van der Waals surface area (Å²) in [7, 11) is 1.55. The zero-order valence-electron chi connectivity index (χ0n) is 14.6. The summed E-state index contributed by atoms with van der Waals surface area (Å²) in [6.45, 7) is 0.733. The molecule has 1 N–H and O–H groups in total. The maximum absolute atomic E-state index is 12.6. The molecule has 0 saturated carbocycles. The Labute approximate surface area is 151 Å². The van der Waals surface area contributed by atoms with Crippen LogP contribution in [0, 0.1) is 11.8 Å². The smallest absolute Gasteiger partial charge is 0.322 e. The zero-order chi connectivity index (χ0) is 18.3. The molecular weight excluding hydrogens is 334 g/mol. The number of benzene rings is 1. The highest BCUT2D eigenvalue weighted by atomic mass is 16.5. The van der Waals surface area contributed by atoms with E-state index in [4.69, 9.17) is 4.74 Å². The molecule has 2 heterocycles. The fourth-order valence-corrected chi connectivity index (χ4v) is 3.91. The Morgan fingerprint density at radius 2 is 1.69 bits per heavy atom. The molecule has 1 aromatic carbocycles. The van der Waals surface area contributed by atoms with Crippen LogP contribution in [0.5, 0.6) is 5.75 Å². The van der Waals surface area contributed by atoms with Crippen molar-refractivity contribution in [2.45, 2.75) is 18.9 Å². The van der Waals surface area contributed by atoms with Gasteiger partial charge < -0.3 is 15.0 Å². The molecule has 4 rings (SSSR count). The van der Waals surface area contributed by atoms with Gasteiger partial charge in [-0.15, -0.1) is 0 Å². The molecule has 7 nitrogen and oxygen atoms in total. The number of nitrogens with one attached hydrogen (secondary N) is 1. The quantitative estimate of drug-likeness (QED) is 0.663. The SMILES string of the molecule is COc1ccccc1NC(=O)N1CC(N2C(=O)C3CC=CCC3C2=O)C1. The van der Waals surface area contributed by atoms with Crippen LogP contribution < -0.4 is 10.1 Å². The molecular formula is C19H21N3O4. The van der Waals surface area contributed by atoms with Crippen molar-refractivity contribution in [3.8, 4) is 5.75 Å². The molecule has 4 amide bonds. The summed E-state index contributed by atoms with van der Waals surface area (Å²) in [4.78, 5) is 40.5. The molecule has 7 heteroatoms. The van der Waals surface area contributed by atoms with Crippen molar-refractivity contribution in [3.05, 3.63) is 36.4 Å². The number of fused-ring (bicyclic) bond motifs is 1. The van der Waals surface area contributed by atoms with E-state index in [2.05, 4.69) is 5.32 Å². The van der Waals surface area contributed by atoms with E-state index in [-0.39, 0.29) is 35.7 Å². The maximum atomic E-state index is 12.6. The number of para-hydroxylation sites is 2. The normalized spacial score (nSPS) is 25.1. The second kappa shape index (κ2) is 6.48. The van der Waals surface area contributed by atoms with Crippen LogP contribution in [0.2, 0.25) is 0 Å². The van der Waals surface area contributed by atoms with Gasteiger partial charge in [0.25, 0.3) is 0 Å². The number of rotatable bonds is 3. The monoisotopic (exact) mass is 355 g/mol. The molecule has 0 spiro atoms. The summed E-state index contributed by atoms with van der Waals surface area (Å²) in [5, 5.41) is 2.81. The fourth-order valence-electron chi connectivity index (χ4n) is 3.91. The third-order valence-corrected chi connectivity index (χ3v) is 5.40. The number of urea groups is 1. The van der Waals surface area contributed by atoms with Gasteiger partial charge in [0, 0.05) is 13.1 Å². The van der Waals surface area contributed by atoms with Crippen LogP contribution in [-0.4, -0.2) is 53.9 Å². The van der Waals surface area contributed by atoms with Crippen molar-refractivity contribution in [2.75, 3.05) is 25.5 Å². The first-order valence-corrected chi connectivity index (χ1v) is 8.81. The van der Waals surface area contributed by atoms with Crippen LogP contribution >= 0.6 is 0 Å². The summed E-state index contributed by atoms with van der Waals surface area (Å²) in [6.07, 6.45) is 5.22. The second-order valence-electron chi connectivity index (χ2n) is 6.89. The van der Waals surface area contributed by atoms with Crippen LogP contribution in [-0.2, 0) is 9.59 Å². The molecule has 2 aliphatic heterocycles. The van der Waals surface area contributed by atoms with E-state index in [0.29, 0.717) is 37.4 Å². The van der Waals surface area contributed by atoms with Crippen LogP contribution in [0.3, 0.4) is 0 Å². The van der Waals surface area contributed by atoms with Crippen molar-refractivity contribution in [3.63, 3.8) is 0 Å². The predicted molar refractivity (Wildman–Crippen MR) is 94.6 cm³/mol. The van der Waals surface area contributed by atoms with Gasteiger partial charge in [0.2, 0.25) is 11.8 Å². The van der Waals surface area contributed by atoms with Gasteiger partial charge >= 0.3 is 6.03 Å². The third kappa shape index (κ3) is 2.64. The second-order valence-corrected chi connectivity index (χ2v) is 6.89. The van der Waals surface area contributed by atoms with Crippen LogP contribution in [0.25, 0.3) is 0 Å². The number of methoxy groups -OCH3 is 1. The number of likely N-dealkylation sites (tertiary alicyclic amines) is 2. The summed E-state index contributed by atoms with van der Waals surface area (Å²) in [5.74, 6) is -0.0226. The average molecular weight is 355 g/mol. The molecule has 1 aliphatic carbocycles. The molecule has 3 aliphatic rings. The lowest BCUT2D eigenvalue weighted by molar-refractivity contribution is -0.145. The number of carbonyl (C=O) groups excluding carboxylic acids is 3. The first kappa shape index (κ1) is 16.6. The number of allylic oxidation sites excluding steroid dienone is 2. The largest absolute Gasteiger partial charge is 0.495 e. The van der Waals surface area contributed by atoms with Crippen LogP contribution in [0.15, 0.2) is 36.4 Å². The minimum Gasteiger partial charge on any atom is -0.495 e. The standard InChI is InChI=1S/C19H21N3O4/c1-26-16-9-5-4-8-15(16)20-19(25)21-10-12(11-21)22-17(23)13-6-2-3-7-14(13)18(22)24/h2-5,8-9,12-14H,6-7,10-11H2,1H3,(H,20,25). The number of anilines is 1. The van der Waals surface area contributed by atoms with Crippen molar-refractivity contribution >= 4 is 23.5 Å². The minimum atomic E-state index is -0.260. The lowest BCUT2D eigenvalue weighted by atomic mass is 9.85. The van der Waals surface area contributed by atoms with Crippen molar-refractivity contribution in [1.29, 1.82) is 0 Å². The van der Waals surface area contributed by atoms with Crippen molar-refractivity contribution in [1.82, 2.24) is 9.80 Å². The molecule has 136 valence electrons. The lowest BCUT2D eigenvalue weighted by Gasteiger charge is -2.43. The summed E-state index contributed by atoms with van der Waals surface area (Å²) in [5.41, 5.74) is 0.592. The van der Waals surface area contributed by atoms with Crippen molar-refractivity contribution in [2.24, 2.45) is 11.8 Å². The molecule has 2 unspecified atom stereocenters. The highest BCUT2D eigenvalue weighted by Gasteiger charge is 2.52. The zero-order valence-corrected chi connectivity index (χ0v) is 14.6. The number of carbonyl (C=O) groups is 3. The average Bonchev–Trinajstić information content (AvgIpc) is 2.86. The summed E-state index contributed by atoms with van der Waals surface area (Å²) in [6, 6.07) is 6.69. The molecule has 0 bridgehead atoms. The van der Waals surface area contributed by atoms with Gasteiger partial charge in [-0.25, -0.2) is 4.79 Å². The minimum absolute atomic E-state index is 0.0841. The van der Waals surface area contributed by atoms with Gasteiger partial charge in [0.05, 0.1) is 30.7 Å². The summed E-state index contributed by atoms with van der Waals surface area (Å²) < 4.78 is 5.23. The number of hydrogen-bond donors (Lipinski definition) is 1. The highest BCUT2D eigenvalue weighted by Crippen LogP contribution is 2.37. The van der Waals surface area contributed by atoms with E-state index in [1.807, 2.05) is 24.3 Å². The van der Waals surface area contributed by atoms with E-state index in [0.717, 1.165) is 0 Å². The Morgan fingerprint density at radius 1 is 1.08 bits per heavy atom. The first-order valence-electron chi connectivity index (χ1n) is 8.81. The molecule has 2 fully saturated rings. The molecule has 0 aromatic heterocycles. The van der Waals surface area contributed by atoms with Gasteiger partial charge in [-0.05, 0) is 25.0 Å². The van der Waals surface area contributed by atoms with Crippen LogP contribution in [0.1, 0.15) is 12.8 Å². The number of ether oxygens (including phenoxy) is 1. The summed E-state index contributed by atoms with van der Waals surface area (Å²) >= 11 is 0. The Hall–Kier alpha value is -2.83. The highest BCUT2D eigenvalue weighted by molar-refractivity contribution is 6.06. The van der Waals surface area contributed by atoms with E-state index in [1.54, 1.807) is 24.1 Å². The van der Waals surface area contributed by atoms with Gasteiger partial charge in [-0.1, -0.05) is 24.3 Å². The number of nitrogens with zero attached hydrogens (tertiary/aromatic N) is 2. The number of amides is 4. The molecule has 0 radical (unpaired) electrons. The molecule has 26 heavy (non-hydrogen) atoms. The van der Waals surface area contributed by atoms with Gasteiger partial charge in [-0.2, -0.15) is 0 Å². The van der Waals surface area contributed by atoms with Gasteiger partial charge in [0.15, 0.2) is 0 Å². The lowest BCUT2D eigenvalue weighted by Crippen LogP contribution is -2.63. The van der Waals surface area contributed by atoms with Gasteiger partial charge in [-0.3, -0.25) is 14.5 Å². The third-order valence-electron chi connectivity index (χ3n) is 5.40. The van der Waals surface area contributed by atoms with Crippen LogP contribution in [0.4, 0.5) is 10.5 Å². The Bertz CT molecular complexity index is 759. The van der Waals surface area contributed by atoms with E-state index < -0.39 is 0 Å². The molecule has 2 saturated heterocycles. The first-order chi connectivity index (χ1) is 12.6. The predicted octanol–water partition coefficient (Wildman–Crippen LogP) is 1.86. The molecule has 1 aromatic rings. The van der Waals surface area contributed by atoms with E-state index in [1.165, 1.54) is 4.90 Å². The Balaban J connectivity index is 1.37. The van der Waals surface area contributed by atoms with Gasteiger partial charge in [0.1, 0.15) is 5.75 Å². The van der Waals surface area contributed by atoms with E-state index in [9.17, 15) is 14.4 Å². The Morgan fingerprint density at radius 3 is 2.31 bits per heavy atom. The van der Waals surface area contributed by atoms with Crippen molar-refractivity contribution < 1.29 is 19.1 Å². The fraction of sp³-hybridized carbons (Fsp3) is 0.421. The number of imide groups is 1. The number of hydrogen-bond acceptors (Lipinski definition) is 4. The van der Waals surface area contributed by atoms with E-state index >= 15 is 0 Å².